The normalized spacial score (nSPS) is 11.9. The van der Waals surface area contributed by atoms with Gasteiger partial charge in [0.2, 0.25) is 0 Å². The van der Waals surface area contributed by atoms with Crippen molar-refractivity contribution >= 4 is 10.0 Å². The first-order chi connectivity index (χ1) is 9.62. The Labute approximate surface area is 127 Å². The van der Waals surface area contributed by atoms with Gasteiger partial charge in [-0.05, 0) is 44.6 Å². The van der Waals surface area contributed by atoms with E-state index < -0.39 is 10.0 Å². The molecule has 0 saturated heterocycles. The van der Waals surface area contributed by atoms with Crippen molar-refractivity contribution < 1.29 is 13.3 Å². The average molecular weight is 309 g/mol. The number of nitrogens with one attached hydrogen (secondary N) is 1. The zero-order chi connectivity index (χ0) is 16.1. The topological polar surface area (TPSA) is 55.4 Å². The fraction of sp³-hybridized carbons (Fsp3) is 0.438. The molecule has 1 aromatic rings. The first-order valence-corrected chi connectivity index (χ1v) is 8.22. The molecule has 0 aliphatic carbocycles. The lowest BCUT2D eigenvalue weighted by atomic mass is 9.95. The van der Waals surface area contributed by atoms with Crippen LogP contribution in [0.4, 0.5) is 0 Å². The van der Waals surface area contributed by atoms with Gasteiger partial charge in [-0.3, -0.25) is 4.84 Å². The van der Waals surface area contributed by atoms with Crippen molar-refractivity contribution in [2.75, 3.05) is 6.61 Å². The summed E-state index contributed by atoms with van der Waals surface area (Å²) in [5.41, 5.74) is 4.85. The van der Waals surface area contributed by atoms with E-state index in [9.17, 15) is 8.42 Å². The second-order valence-electron chi connectivity index (χ2n) is 5.97. The second kappa shape index (κ2) is 7.05. The average Bonchev–Trinajstić information content (AvgIpc) is 2.36. The molecule has 0 fully saturated rings. The molecular weight excluding hydrogens is 286 g/mol. The molecule has 0 heterocycles. The van der Waals surface area contributed by atoms with E-state index in [1.54, 1.807) is 24.3 Å². The maximum atomic E-state index is 12.0. The van der Waals surface area contributed by atoms with E-state index in [1.165, 1.54) is 0 Å². The molecule has 0 spiro atoms. The third-order valence-corrected chi connectivity index (χ3v) is 3.93. The lowest BCUT2D eigenvalue weighted by Crippen LogP contribution is -2.29. The molecule has 1 aromatic carbocycles. The molecule has 1 rings (SSSR count). The molecule has 5 heteroatoms. The van der Waals surface area contributed by atoms with Gasteiger partial charge in [-0.2, -0.15) is 0 Å². The first-order valence-electron chi connectivity index (χ1n) is 6.74. The zero-order valence-electron chi connectivity index (χ0n) is 13.2. The standard InChI is InChI=1S/C16H23NO3S/c1-13(2)10-11-16(4,5)12-20-17-21(18,19)15-8-6-14(3)7-9-15/h6-9,11,17H,12H2,1-5H3. The lowest BCUT2D eigenvalue weighted by molar-refractivity contribution is 0.0490. The number of sulfonamides is 1. The van der Waals surface area contributed by atoms with Gasteiger partial charge in [0.15, 0.2) is 0 Å². The molecule has 0 aliphatic heterocycles. The minimum Gasteiger partial charge on any atom is -0.286 e. The summed E-state index contributed by atoms with van der Waals surface area (Å²) < 4.78 is 24.1. The van der Waals surface area contributed by atoms with Gasteiger partial charge in [0, 0.05) is 5.41 Å². The molecular formula is C16H23NO3S. The number of hydrogen-bond acceptors (Lipinski definition) is 3. The van der Waals surface area contributed by atoms with Crippen LogP contribution in [0, 0.1) is 12.3 Å². The summed E-state index contributed by atoms with van der Waals surface area (Å²) in [4.78, 5) is 7.50. The van der Waals surface area contributed by atoms with Crippen LogP contribution >= 0.6 is 0 Å². The molecule has 1 N–H and O–H groups in total. The fourth-order valence-electron chi connectivity index (χ4n) is 1.44. The van der Waals surface area contributed by atoms with Gasteiger partial charge in [-0.25, -0.2) is 8.42 Å². The highest BCUT2D eigenvalue weighted by atomic mass is 32.2. The first kappa shape index (κ1) is 17.7. The zero-order valence-corrected chi connectivity index (χ0v) is 14.0. The van der Waals surface area contributed by atoms with Gasteiger partial charge in [0.1, 0.15) is 0 Å². The molecule has 0 aromatic heterocycles. The minimum atomic E-state index is -3.64. The summed E-state index contributed by atoms with van der Waals surface area (Å²) >= 11 is 0. The van der Waals surface area contributed by atoms with Crippen molar-refractivity contribution in [3.63, 3.8) is 0 Å². The Bertz CT molecular complexity index is 633. The van der Waals surface area contributed by atoms with Gasteiger partial charge in [0.25, 0.3) is 10.0 Å². The van der Waals surface area contributed by atoms with E-state index in [1.807, 2.05) is 40.7 Å². The molecule has 0 atom stereocenters. The van der Waals surface area contributed by atoms with Crippen molar-refractivity contribution in [3.8, 4) is 0 Å². The lowest BCUT2D eigenvalue weighted by Gasteiger charge is -2.19. The highest BCUT2D eigenvalue weighted by Gasteiger charge is 2.18. The van der Waals surface area contributed by atoms with Gasteiger partial charge in [-0.1, -0.05) is 36.4 Å². The summed E-state index contributed by atoms with van der Waals surface area (Å²) in [6.07, 6.45) is 1.88. The molecule has 0 aliphatic rings. The van der Waals surface area contributed by atoms with Crippen molar-refractivity contribution in [1.29, 1.82) is 0 Å². The van der Waals surface area contributed by atoms with Crippen LogP contribution in [0.5, 0.6) is 0 Å². The number of hydrogen-bond donors (Lipinski definition) is 1. The van der Waals surface area contributed by atoms with Crippen molar-refractivity contribution in [3.05, 3.63) is 47.2 Å². The number of benzene rings is 1. The Morgan fingerprint density at radius 3 is 2.38 bits per heavy atom. The number of aryl methyl sites for hydroxylation is 1. The second-order valence-corrected chi connectivity index (χ2v) is 7.61. The largest absolute Gasteiger partial charge is 0.286 e. The van der Waals surface area contributed by atoms with Crippen molar-refractivity contribution in [2.45, 2.75) is 39.5 Å². The SMILES string of the molecule is CC(C)=C=CC(C)(C)CONS(=O)(=O)c1ccc(C)cc1. The molecule has 0 unspecified atom stereocenters. The summed E-state index contributed by atoms with van der Waals surface area (Å²) in [7, 11) is -3.64. The van der Waals surface area contributed by atoms with E-state index in [0.29, 0.717) is 0 Å². The van der Waals surface area contributed by atoms with Crippen LogP contribution in [0.3, 0.4) is 0 Å². The summed E-state index contributed by atoms with van der Waals surface area (Å²) in [5.74, 6) is 0. The van der Waals surface area contributed by atoms with E-state index in [0.717, 1.165) is 11.1 Å². The maximum absolute atomic E-state index is 12.0. The third kappa shape index (κ3) is 6.27. The van der Waals surface area contributed by atoms with Crippen LogP contribution in [0.1, 0.15) is 33.3 Å². The monoisotopic (exact) mass is 309 g/mol. The Balaban J connectivity index is 2.67. The molecule has 0 saturated carbocycles. The van der Waals surface area contributed by atoms with Crippen LogP contribution in [0.15, 0.2) is 46.5 Å². The fourth-order valence-corrected chi connectivity index (χ4v) is 2.24. The summed E-state index contributed by atoms with van der Waals surface area (Å²) in [5, 5.41) is 0. The molecule has 0 amide bonds. The Kier molecular flexibility index (Phi) is 5.93. The van der Waals surface area contributed by atoms with E-state index >= 15 is 0 Å². The molecule has 0 radical (unpaired) electrons. The molecule has 116 valence electrons. The van der Waals surface area contributed by atoms with Gasteiger partial charge in [0.05, 0.1) is 11.5 Å². The highest BCUT2D eigenvalue weighted by molar-refractivity contribution is 7.89. The highest BCUT2D eigenvalue weighted by Crippen LogP contribution is 2.17. The van der Waals surface area contributed by atoms with E-state index in [4.69, 9.17) is 4.84 Å². The molecule has 4 nitrogen and oxygen atoms in total. The summed E-state index contributed by atoms with van der Waals surface area (Å²) in [6.45, 7) is 9.92. The van der Waals surface area contributed by atoms with Crippen molar-refractivity contribution in [2.24, 2.45) is 5.41 Å². The van der Waals surface area contributed by atoms with E-state index in [-0.39, 0.29) is 16.9 Å². The molecule has 0 bridgehead atoms. The van der Waals surface area contributed by atoms with Gasteiger partial charge in [-0.15, -0.1) is 5.73 Å². The Morgan fingerprint density at radius 2 is 1.86 bits per heavy atom. The predicted molar refractivity (Wildman–Crippen MR) is 84.2 cm³/mol. The summed E-state index contributed by atoms with van der Waals surface area (Å²) in [6, 6.07) is 6.59. The Hall–Kier alpha value is -1.39. The van der Waals surface area contributed by atoms with Crippen LogP contribution < -0.4 is 4.89 Å². The smallest absolute Gasteiger partial charge is 0.262 e. The van der Waals surface area contributed by atoms with Crippen LogP contribution in [-0.4, -0.2) is 15.0 Å². The van der Waals surface area contributed by atoms with Crippen molar-refractivity contribution in [1.82, 2.24) is 4.89 Å². The van der Waals surface area contributed by atoms with Crippen LogP contribution in [-0.2, 0) is 14.9 Å². The van der Waals surface area contributed by atoms with Crippen LogP contribution in [0.25, 0.3) is 0 Å². The molecule has 21 heavy (non-hydrogen) atoms. The van der Waals surface area contributed by atoms with Crippen LogP contribution in [0.2, 0.25) is 0 Å². The van der Waals surface area contributed by atoms with Gasteiger partial charge >= 0.3 is 0 Å². The predicted octanol–water partition coefficient (Wildman–Crippen LogP) is 3.35. The number of rotatable bonds is 6. The Morgan fingerprint density at radius 1 is 1.29 bits per heavy atom. The third-order valence-electron chi connectivity index (χ3n) is 2.70. The minimum absolute atomic E-state index is 0.186. The quantitative estimate of drug-likeness (QED) is 0.647. The van der Waals surface area contributed by atoms with Gasteiger partial charge < -0.3 is 0 Å². The van der Waals surface area contributed by atoms with E-state index in [2.05, 4.69) is 10.6 Å². The maximum Gasteiger partial charge on any atom is 0.262 e.